The maximum absolute atomic E-state index is 13.4. The molecule has 22 heavy (non-hydrogen) atoms. The van der Waals surface area contributed by atoms with Crippen LogP contribution in [0.2, 0.25) is 0 Å². The van der Waals surface area contributed by atoms with Crippen LogP contribution >= 0.6 is 0 Å². The summed E-state index contributed by atoms with van der Waals surface area (Å²) in [5.41, 5.74) is 0.569. The number of carbonyl (C=O) groups excluding carboxylic acids is 1. The van der Waals surface area contributed by atoms with Crippen molar-refractivity contribution in [1.29, 1.82) is 0 Å². The molecule has 0 spiro atoms. The summed E-state index contributed by atoms with van der Waals surface area (Å²) in [5, 5.41) is 9.21. The average molecular weight is 309 g/mol. The van der Waals surface area contributed by atoms with Crippen LogP contribution in [0, 0.1) is 5.82 Å². The molecule has 1 heterocycles. The summed E-state index contributed by atoms with van der Waals surface area (Å²) in [5.74, 6) is 0.138. The fourth-order valence-corrected chi connectivity index (χ4v) is 3.10. The van der Waals surface area contributed by atoms with E-state index in [1.165, 1.54) is 19.2 Å². The van der Waals surface area contributed by atoms with Crippen molar-refractivity contribution in [3.63, 3.8) is 0 Å². The first-order valence-electron chi connectivity index (χ1n) is 7.88. The van der Waals surface area contributed by atoms with Crippen molar-refractivity contribution in [1.82, 2.24) is 4.90 Å². The highest BCUT2D eigenvalue weighted by atomic mass is 19.1. The van der Waals surface area contributed by atoms with Gasteiger partial charge in [0.25, 0.3) is 0 Å². The smallest absolute Gasteiger partial charge is 0.227 e. The second kappa shape index (κ2) is 8.13. The predicted molar refractivity (Wildman–Crippen MR) is 82.3 cm³/mol. The first-order valence-corrected chi connectivity index (χ1v) is 7.88. The van der Waals surface area contributed by atoms with Gasteiger partial charge in [0.2, 0.25) is 5.91 Å². The summed E-state index contributed by atoms with van der Waals surface area (Å²) in [6.45, 7) is 0.791. The SMILES string of the molecule is COc1ccc(F)cc1CC(=O)N1CCCCCC1CCO. The van der Waals surface area contributed by atoms with Crippen LogP contribution in [0.4, 0.5) is 4.39 Å². The van der Waals surface area contributed by atoms with Crippen molar-refractivity contribution in [2.45, 2.75) is 44.6 Å². The summed E-state index contributed by atoms with van der Waals surface area (Å²) in [7, 11) is 1.52. The lowest BCUT2D eigenvalue weighted by Crippen LogP contribution is -2.41. The molecule has 1 amide bonds. The number of hydrogen-bond acceptors (Lipinski definition) is 3. The normalized spacial score (nSPS) is 18.9. The highest BCUT2D eigenvalue weighted by Gasteiger charge is 2.25. The number of ether oxygens (including phenoxy) is 1. The van der Waals surface area contributed by atoms with E-state index in [4.69, 9.17) is 4.74 Å². The highest BCUT2D eigenvalue weighted by molar-refractivity contribution is 5.80. The summed E-state index contributed by atoms with van der Waals surface area (Å²) in [6.07, 6.45) is 4.82. The molecule has 0 saturated carbocycles. The van der Waals surface area contributed by atoms with E-state index in [2.05, 4.69) is 0 Å². The Bertz CT molecular complexity index is 507. The van der Waals surface area contributed by atoms with Crippen LogP contribution in [0.15, 0.2) is 18.2 Å². The largest absolute Gasteiger partial charge is 0.496 e. The van der Waals surface area contributed by atoms with E-state index in [0.717, 1.165) is 25.7 Å². The molecule has 1 unspecified atom stereocenters. The van der Waals surface area contributed by atoms with Gasteiger partial charge in [-0.1, -0.05) is 12.8 Å². The fraction of sp³-hybridized carbons (Fsp3) is 0.588. The summed E-state index contributed by atoms with van der Waals surface area (Å²) in [4.78, 5) is 14.5. The topological polar surface area (TPSA) is 49.8 Å². The lowest BCUT2D eigenvalue weighted by atomic mass is 10.1. The number of likely N-dealkylation sites (tertiary alicyclic amines) is 1. The zero-order valence-corrected chi connectivity index (χ0v) is 13.1. The maximum Gasteiger partial charge on any atom is 0.227 e. The number of rotatable bonds is 5. The molecule has 1 saturated heterocycles. The van der Waals surface area contributed by atoms with E-state index in [1.54, 1.807) is 6.07 Å². The highest BCUT2D eigenvalue weighted by Crippen LogP contribution is 2.24. The Labute approximate surface area is 130 Å². The van der Waals surface area contributed by atoms with Gasteiger partial charge < -0.3 is 14.7 Å². The number of hydrogen-bond donors (Lipinski definition) is 1. The molecule has 0 bridgehead atoms. The Morgan fingerprint density at radius 3 is 2.95 bits per heavy atom. The molecular formula is C17H24FNO3. The first kappa shape index (κ1) is 16.7. The van der Waals surface area contributed by atoms with Crippen molar-refractivity contribution in [3.05, 3.63) is 29.6 Å². The number of halogens is 1. The first-order chi connectivity index (χ1) is 10.7. The molecule has 0 radical (unpaired) electrons. The third kappa shape index (κ3) is 4.19. The molecule has 1 N–H and O–H groups in total. The third-order valence-corrected chi connectivity index (χ3v) is 4.24. The van der Waals surface area contributed by atoms with Crippen molar-refractivity contribution in [2.24, 2.45) is 0 Å². The van der Waals surface area contributed by atoms with E-state index < -0.39 is 0 Å². The summed E-state index contributed by atoms with van der Waals surface area (Å²) < 4.78 is 18.6. The third-order valence-electron chi connectivity index (χ3n) is 4.24. The van der Waals surface area contributed by atoms with Crippen molar-refractivity contribution < 1.29 is 19.0 Å². The zero-order chi connectivity index (χ0) is 15.9. The molecule has 5 heteroatoms. The van der Waals surface area contributed by atoms with Crippen molar-refractivity contribution in [3.8, 4) is 5.75 Å². The van der Waals surface area contributed by atoms with E-state index in [1.807, 2.05) is 4.90 Å². The van der Waals surface area contributed by atoms with Crippen LogP contribution in [-0.4, -0.2) is 42.2 Å². The van der Waals surface area contributed by atoms with Gasteiger partial charge in [-0.15, -0.1) is 0 Å². The number of aliphatic hydroxyl groups is 1. The standard InChI is InChI=1S/C17H24FNO3/c1-22-16-7-6-14(18)11-13(16)12-17(21)19-9-4-2-3-5-15(19)8-10-20/h6-7,11,15,20H,2-5,8-10,12H2,1H3. The quantitative estimate of drug-likeness (QED) is 0.909. The monoisotopic (exact) mass is 309 g/mol. The van der Waals surface area contributed by atoms with Crippen LogP contribution in [0.25, 0.3) is 0 Å². The van der Waals surface area contributed by atoms with Crippen LogP contribution < -0.4 is 4.74 Å². The van der Waals surface area contributed by atoms with Crippen molar-refractivity contribution >= 4 is 5.91 Å². The van der Waals surface area contributed by atoms with Gasteiger partial charge in [-0.2, -0.15) is 0 Å². The second-order valence-electron chi connectivity index (χ2n) is 5.74. The van der Waals surface area contributed by atoms with Gasteiger partial charge in [-0.05, 0) is 37.5 Å². The number of carbonyl (C=O) groups is 1. The molecule has 1 fully saturated rings. The minimum absolute atomic E-state index is 0.0238. The van der Waals surface area contributed by atoms with Crippen LogP contribution in [-0.2, 0) is 11.2 Å². The molecule has 1 atom stereocenters. The molecule has 4 nitrogen and oxygen atoms in total. The van der Waals surface area contributed by atoms with Gasteiger partial charge in [-0.3, -0.25) is 4.79 Å². The molecule has 1 aromatic rings. The van der Waals surface area contributed by atoms with E-state index in [-0.39, 0.29) is 30.8 Å². The van der Waals surface area contributed by atoms with Crippen LogP contribution in [0.3, 0.4) is 0 Å². The molecular weight excluding hydrogens is 285 g/mol. The van der Waals surface area contributed by atoms with E-state index in [9.17, 15) is 14.3 Å². The van der Waals surface area contributed by atoms with Crippen LogP contribution in [0.1, 0.15) is 37.7 Å². The Kier molecular flexibility index (Phi) is 6.19. The van der Waals surface area contributed by atoms with E-state index >= 15 is 0 Å². The number of benzene rings is 1. The average Bonchev–Trinajstić information content (AvgIpc) is 2.73. The molecule has 1 aliphatic heterocycles. The van der Waals surface area contributed by atoms with E-state index in [0.29, 0.717) is 24.3 Å². The second-order valence-corrected chi connectivity index (χ2v) is 5.74. The number of nitrogens with zero attached hydrogens (tertiary/aromatic N) is 1. The fourth-order valence-electron chi connectivity index (χ4n) is 3.10. The Morgan fingerprint density at radius 1 is 1.41 bits per heavy atom. The lowest BCUT2D eigenvalue weighted by Gasteiger charge is -2.30. The van der Waals surface area contributed by atoms with Gasteiger partial charge in [0.1, 0.15) is 11.6 Å². The van der Waals surface area contributed by atoms with Crippen molar-refractivity contribution in [2.75, 3.05) is 20.3 Å². The predicted octanol–water partition coefficient (Wildman–Crippen LogP) is 2.53. The number of aliphatic hydroxyl groups excluding tert-OH is 1. The molecule has 1 aliphatic rings. The number of amides is 1. The molecule has 0 aliphatic carbocycles. The maximum atomic E-state index is 13.4. The zero-order valence-electron chi connectivity index (χ0n) is 13.1. The minimum atomic E-state index is -0.369. The molecule has 1 aromatic carbocycles. The van der Waals surface area contributed by atoms with Gasteiger partial charge >= 0.3 is 0 Å². The molecule has 0 aromatic heterocycles. The lowest BCUT2D eigenvalue weighted by molar-refractivity contribution is -0.133. The summed E-state index contributed by atoms with van der Waals surface area (Å²) >= 11 is 0. The molecule has 2 rings (SSSR count). The van der Waals surface area contributed by atoms with Gasteiger partial charge in [0.05, 0.1) is 13.5 Å². The van der Waals surface area contributed by atoms with Gasteiger partial charge in [-0.25, -0.2) is 4.39 Å². The summed E-state index contributed by atoms with van der Waals surface area (Å²) in [6, 6.07) is 4.31. The van der Waals surface area contributed by atoms with Crippen LogP contribution in [0.5, 0.6) is 5.75 Å². The van der Waals surface area contributed by atoms with Gasteiger partial charge in [0, 0.05) is 24.8 Å². The Balaban J connectivity index is 2.13. The minimum Gasteiger partial charge on any atom is -0.496 e. The Morgan fingerprint density at radius 2 is 2.23 bits per heavy atom. The molecule has 122 valence electrons. The Hall–Kier alpha value is -1.62. The number of methoxy groups -OCH3 is 1. The van der Waals surface area contributed by atoms with Gasteiger partial charge in [0.15, 0.2) is 0 Å².